The van der Waals surface area contributed by atoms with Gasteiger partial charge in [0.05, 0.1) is 18.0 Å². The van der Waals surface area contributed by atoms with E-state index in [1.807, 2.05) is 45.9 Å². The molecule has 31 heavy (non-hydrogen) atoms. The van der Waals surface area contributed by atoms with Crippen LogP contribution in [-0.2, 0) is 0 Å². The summed E-state index contributed by atoms with van der Waals surface area (Å²) in [6, 6.07) is 12.6. The quantitative estimate of drug-likeness (QED) is 0.538. The van der Waals surface area contributed by atoms with Crippen molar-refractivity contribution >= 4 is 16.9 Å². The molecule has 158 valence electrons. The highest BCUT2D eigenvalue weighted by atomic mass is 16.5. The second-order valence-electron chi connectivity index (χ2n) is 7.61. The Morgan fingerprint density at radius 1 is 1.06 bits per heavy atom. The normalized spacial score (nSPS) is 11.1. The van der Waals surface area contributed by atoms with Gasteiger partial charge in [0.1, 0.15) is 17.5 Å². The lowest BCUT2D eigenvalue weighted by Gasteiger charge is -2.11. The molecule has 0 aliphatic carbocycles. The molecule has 8 nitrogen and oxygen atoms in total. The van der Waals surface area contributed by atoms with Crippen LogP contribution in [0.3, 0.4) is 0 Å². The molecule has 2 heterocycles. The number of fused-ring (bicyclic) bond motifs is 1. The Balaban J connectivity index is 1.61. The SMILES string of the molecule is Cc1ccc(-n2ncc3c(=O)n(NC(=O)c4ccc(OC(C)C)cc4)cnc32)cc1C. The van der Waals surface area contributed by atoms with Crippen molar-refractivity contribution in [1.29, 1.82) is 0 Å². The molecule has 0 aliphatic rings. The van der Waals surface area contributed by atoms with Gasteiger partial charge in [-0.05, 0) is 75.2 Å². The molecule has 0 atom stereocenters. The van der Waals surface area contributed by atoms with Gasteiger partial charge in [-0.25, -0.2) is 14.3 Å². The molecule has 0 spiro atoms. The average Bonchev–Trinajstić information content (AvgIpc) is 3.17. The van der Waals surface area contributed by atoms with Crippen LogP contribution in [0, 0.1) is 13.8 Å². The van der Waals surface area contributed by atoms with Crippen molar-refractivity contribution in [2.45, 2.75) is 33.8 Å². The van der Waals surface area contributed by atoms with Crippen LogP contribution >= 0.6 is 0 Å². The zero-order chi connectivity index (χ0) is 22.1. The Kier molecular flexibility index (Phi) is 5.29. The lowest BCUT2D eigenvalue weighted by Crippen LogP contribution is -2.33. The first kappa shape index (κ1) is 20.3. The minimum atomic E-state index is -0.430. The number of hydrogen-bond donors (Lipinski definition) is 1. The van der Waals surface area contributed by atoms with E-state index >= 15 is 0 Å². The van der Waals surface area contributed by atoms with Crippen LogP contribution in [0.5, 0.6) is 5.75 Å². The Morgan fingerprint density at radius 3 is 2.48 bits per heavy atom. The van der Waals surface area contributed by atoms with Gasteiger partial charge < -0.3 is 4.74 Å². The summed E-state index contributed by atoms with van der Waals surface area (Å²) in [4.78, 5) is 29.8. The molecule has 0 aliphatic heterocycles. The molecule has 1 N–H and O–H groups in total. The summed E-state index contributed by atoms with van der Waals surface area (Å²) in [5.41, 5.74) is 6.08. The van der Waals surface area contributed by atoms with Crippen LogP contribution in [0.1, 0.15) is 35.3 Å². The smallest absolute Gasteiger partial charge is 0.283 e. The predicted molar refractivity (Wildman–Crippen MR) is 118 cm³/mol. The first-order valence-electron chi connectivity index (χ1n) is 9.94. The van der Waals surface area contributed by atoms with E-state index in [1.165, 1.54) is 18.1 Å². The number of amides is 1. The summed E-state index contributed by atoms with van der Waals surface area (Å²) >= 11 is 0. The van der Waals surface area contributed by atoms with Gasteiger partial charge in [-0.15, -0.1) is 0 Å². The third-order valence-corrected chi connectivity index (χ3v) is 4.93. The standard InChI is InChI=1S/C23H23N5O3/c1-14(2)31-19-9-6-17(7-10-19)22(29)26-27-13-24-21-20(23(27)30)12-25-28(21)18-8-5-15(3)16(4)11-18/h5-14H,1-4H3,(H,26,29). The highest BCUT2D eigenvalue weighted by Gasteiger charge is 2.14. The number of aryl methyl sites for hydroxylation is 2. The van der Waals surface area contributed by atoms with Gasteiger partial charge in [0.25, 0.3) is 11.5 Å². The van der Waals surface area contributed by atoms with Gasteiger partial charge in [-0.2, -0.15) is 5.10 Å². The van der Waals surface area contributed by atoms with E-state index in [-0.39, 0.29) is 6.10 Å². The maximum atomic E-state index is 12.9. The third-order valence-electron chi connectivity index (χ3n) is 4.93. The van der Waals surface area contributed by atoms with E-state index in [9.17, 15) is 9.59 Å². The minimum absolute atomic E-state index is 0.0424. The molecular weight excluding hydrogens is 394 g/mol. The largest absolute Gasteiger partial charge is 0.491 e. The second kappa shape index (κ2) is 8.06. The number of nitrogens with zero attached hydrogens (tertiary/aromatic N) is 4. The Labute approximate surface area is 179 Å². The van der Waals surface area contributed by atoms with Crippen molar-refractivity contribution in [2.24, 2.45) is 0 Å². The molecule has 0 unspecified atom stereocenters. The number of carbonyl (C=O) groups excluding carboxylic acids is 1. The molecule has 4 rings (SSSR count). The van der Waals surface area contributed by atoms with Crippen LogP contribution in [0.4, 0.5) is 0 Å². The Hall–Kier alpha value is -3.94. The molecule has 8 heteroatoms. The first-order valence-corrected chi connectivity index (χ1v) is 9.94. The lowest BCUT2D eigenvalue weighted by atomic mass is 10.1. The summed E-state index contributed by atoms with van der Waals surface area (Å²) in [6.07, 6.45) is 2.79. The molecule has 0 fully saturated rings. The minimum Gasteiger partial charge on any atom is -0.491 e. The molecule has 1 amide bonds. The van der Waals surface area contributed by atoms with Gasteiger partial charge >= 0.3 is 0 Å². The monoisotopic (exact) mass is 417 g/mol. The molecule has 2 aromatic carbocycles. The van der Waals surface area contributed by atoms with Crippen molar-refractivity contribution in [3.05, 3.63) is 82.0 Å². The number of rotatable bonds is 5. The highest BCUT2D eigenvalue weighted by molar-refractivity contribution is 6.00. The molecule has 0 saturated carbocycles. The average molecular weight is 417 g/mol. The Morgan fingerprint density at radius 2 is 1.81 bits per heavy atom. The molecule has 4 aromatic rings. The summed E-state index contributed by atoms with van der Waals surface area (Å²) < 4.78 is 8.26. The topological polar surface area (TPSA) is 91.0 Å². The van der Waals surface area contributed by atoms with Gasteiger partial charge in [0.15, 0.2) is 5.65 Å². The predicted octanol–water partition coefficient (Wildman–Crippen LogP) is 3.37. The summed E-state index contributed by atoms with van der Waals surface area (Å²) in [7, 11) is 0. The van der Waals surface area contributed by atoms with E-state index < -0.39 is 11.5 Å². The summed E-state index contributed by atoms with van der Waals surface area (Å²) in [6.45, 7) is 7.91. The van der Waals surface area contributed by atoms with E-state index in [4.69, 9.17) is 4.74 Å². The zero-order valence-electron chi connectivity index (χ0n) is 17.8. The molecular formula is C23H23N5O3. The highest BCUT2D eigenvalue weighted by Crippen LogP contribution is 2.17. The van der Waals surface area contributed by atoms with Crippen molar-refractivity contribution in [1.82, 2.24) is 19.4 Å². The number of hydrogen-bond acceptors (Lipinski definition) is 5. The zero-order valence-corrected chi connectivity index (χ0v) is 17.8. The Bertz CT molecular complexity index is 1320. The van der Waals surface area contributed by atoms with Gasteiger partial charge in [-0.1, -0.05) is 6.07 Å². The molecule has 0 radical (unpaired) electrons. The van der Waals surface area contributed by atoms with Crippen LogP contribution in [0.25, 0.3) is 16.7 Å². The number of benzene rings is 2. The van der Waals surface area contributed by atoms with Gasteiger partial charge in [0.2, 0.25) is 0 Å². The van der Waals surface area contributed by atoms with Crippen molar-refractivity contribution < 1.29 is 9.53 Å². The van der Waals surface area contributed by atoms with Crippen LogP contribution in [-0.4, -0.2) is 31.5 Å². The maximum Gasteiger partial charge on any atom is 0.283 e. The van der Waals surface area contributed by atoms with Crippen LogP contribution in [0.15, 0.2) is 59.8 Å². The fraction of sp³-hybridized carbons (Fsp3) is 0.217. The van der Waals surface area contributed by atoms with Gasteiger partial charge in [0, 0.05) is 5.56 Å². The van der Waals surface area contributed by atoms with Crippen LogP contribution in [0.2, 0.25) is 0 Å². The maximum absolute atomic E-state index is 12.9. The number of ether oxygens (including phenoxy) is 1. The first-order chi connectivity index (χ1) is 14.8. The van der Waals surface area contributed by atoms with Gasteiger partial charge in [-0.3, -0.25) is 15.0 Å². The van der Waals surface area contributed by atoms with Crippen molar-refractivity contribution in [3.8, 4) is 11.4 Å². The fourth-order valence-electron chi connectivity index (χ4n) is 3.17. The fourth-order valence-corrected chi connectivity index (χ4v) is 3.17. The van der Waals surface area contributed by atoms with E-state index in [0.717, 1.165) is 15.9 Å². The summed E-state index contributed by atoms with van der Waals surface area (Å²) in [5.74, 6) is 0.242. The van der Waals surface area contributed by atoms with E-state index in [0.29, 0.717) is 22.3 Å². The van der Waals surface area contributed by atoms with Crippen molar-refractivity contribution in [3.63, 3.8) is 0 Å². The van der Waals surface area contributed by atoms with E-state index in [2.05, 4.69) is 15.5 Å². The second-order valence-corrected chi connectivity index (χ2v) is 7.61. The van der Waals surface area contributed by atoms with E-state index in [1.54, 1.807) is 28.9 Å². The number of carbonyl (C=O) groups is 1. The number of aromatic nitrogens is 4. The third kappa shape index (κ3) is 4.05. The molecule has 2 aromatic heterocycles. The lowest BCUT2D eigenvalue weighted by molar-refractivity contribution is 0.101. The summed E-state index contributed by atoms with van der Waals surface area (Å²) in [5, 5.41) is 4.63. The van der Waals surface area contributed by atoms with Crippen molar-refractivity contribution in [2.75, 3.05) is 5.43 Å². The molecule has 0 bridgehead atoms. The number of nitrogens with one attached hydrogen (secondary N) is 1. The van der Waals surface area contributed by atoms with Crippen LogP contribution < -0.4 is 15.7 Å². The molecule has 0 saturated heterocycles.